The first-order valence-corrected chi connectivity index (χ1v) is 8.61. The molecule has 3 unspecified atom stereocenters. The zero-order chi connectivity index (χ0) is 14.7. The van der Waals surface area contributed by atoms with Crippen molar-refractivity contribution in [3.63, 3.8) is 0 Å². The van der Waals surface area contributed by atoms with E-state index in [-0.39, 0.29) is 0 Å². The molecule has 0 N–H and O–H groups in total. The standard InChI is InChI=1S/C20H32/c1-14(2)17-10-6-8-12-19(17)16(5)20-13-9-7-11-18(20)15(3)4/h6,8,10,12,14-16,18,20H,7,9,11,13H2,1-5H3. The highest BCUT2D eigenvalue weighted by molar-refractivity contribution is 5.33. The molecule has 3 atom stereocenters. The molecule has 1 aliphatic rings. The normalized spacial score (nSPS) is 25.1. The minimum absolute atomic E-state index is 0.634. The second kappa shape index (κ2) is 6.78. The molecule has 1 fully saturated rings. The molecule has 2 rings (SSSR count). The SMILES string of the molecule is CC(C)c1ccccc1C(C)C1CCCCC1C(C)C. The minimum Gasteiger partial charge on any atom is -0.0625 e. The predicted octanol–water partition coefficient (Wildman–Crippen LogP) is 6.38. The molecule has 112 valence electrons. The van der Waals surface area contributed by atoms with Gasteiger partial charge in [0.1, 0.15) is 0 Å². The van der Waals surface area contributed by atoms with Crippen LogP contribution in [0.5, 0.6) is 0 Å². The van der Waals surface area contributed by atoms with E-state index in [1.54, 1.807) is 11.1 Å². The molecule has 0 aromatic heterocycles. The average molecular weight is 272 g/mol. The van der Waals surface area contributed by atoms with Gasteiger partial charge in [-0.05, 0) is 53.6 Å². The Morgan fingerprint density at radius 3 is 1.90 bits per heavy atom. The lowest BCUT2D eigenvalue weighted by Gasteiger charge is -2.39. The van der Waals surface area contributed by atoms with E-state index in [4.69, 9.17) is 0 Å². The van der Waals surface area contributed by atoms with Crippen molar-refractivity contribution < 1.29 is 0 Å². The number of hydrogen-bond acceptors (Lipinski definition) is 0. The summed E-state index contributed by atoms with van der Waals surface area (Å²) in [5, 5.41) is 0. The molecule has 0 heteroatoms. The smallest absolute Gasteiger partial charge is 0.0156 e. The van der Waals surface area contributed by atoms with E-state index in [9.17, 15) is 0 Å². The van der Waals surface area contributed by atoms with Gasteiger partial charge in [-0.3, -0.25) is 0 Å². The summed E-state index contributed by atoms with van der Waals surface area (Å²) in [4.78, 5) is 0. The first kappa shape index (κ1) is 15.6. The summed E-state index contributed by atoms with van der Waals surface area (Å²) >= 11 is 0. The summed E-state index contributed by atoms with van der Waals surface area (Å²) in [6, 6.07) is 9.15. The van der Waals surface area contributed by atoms with Crippen molar-refractivity contribution in [1.29, 1.82) is 0 Å². The van der Waals surface area contributed by atoms with Gasteiger partial charge in [0.2, 0.25) is 0 Å². The van der Waals surface area contributed by atoms with Crippen molar-refractivity contribution in [3.8, 4) is 0 Å². The van der Waals surface area contributed by atoms with Crippen LogP contribution in [-0.2, 0) is 0 Å². The van der Waals surface area contributed by atoms with Crippen molar-refractivity contribution in [2.75, 3.05) is 0 Å². The maximum absolute atomic E-state index is 2.48. The molecule has 1 aliphatic carbocycles. The Hall–Kier alpha value is -0.780. The minimum atomic E-state index is 0.634. The van der Waals surface area contributed by atoms with E-state index in [0.717, 1.165) is 17.8 Å². The molecule has 0 spiro atoms. The Labute approximate surface area is 126 Å². The molecule has 1 saturated carbocycles. The van der Waals surface area contributed by atoms with Gasteiger partial charge in [-0.2, -0.15) is 0 Å². The average Bonchev–Trinajstić information content (AvgIpc) is 2.46. The Balaban J connectivity index is 2.27. The second-order valence-corrected chi connectivity index (χ2v) is 7.43. The van der Waals surface area contributed by atoms with Crippen molar-refractivity contribution in [2.45, 2.75) is 72.1 Å². The third-order valence-corrected chi connectivity index (χ3v) is 5.48. The van der Waals surface area contributed by atoms with Gasteiger partial charge >= 0.3 is 0 Å². The van der Waals surface area contributed by atoms with Crippen LogP contribution in [-0.4, -0.2) is 0 Å². The van der Waals surface area contributed by atoms with Crippen LogP contribution in [0.2, 0.25) is 0 Å². The molecule has 0 bridgehead atoms. The Bertz CT molecular complexity index is 416. The molecule has 0 amide bonds. The lowest BCUT2D eigenvalue weighted by molar-refractivity contribution is 0.157. The van der Waals surface area contributed by atoms with E-state index >= 15 is 0 Å². The zero-order valence-electron chi connectivity index (χ0n) is 14.0. The van der Waals surface area contributed by atoms with Gasteiger partial charge in [-0.1, -0.05) is 71.7 Å². The van der Waals surface area contributed by atoms with Gasteiger partial charge in [0.15, 0.2) is 0 Å². The third-order valence-electron chi connectivity index (χ3n) is 5.48. The van der Waals surface area contributed by atoms with Crippen LogP contribution >= 0.6 is 0 Å². The van der Waals surface area contributed by atoms with Gasteiger partial charge in [-0.15, -0.1) is 0 Å². The van der Waals surface area contributed by atoms with Crippen LogP contribution in [0.1, 0.15) is 83.3 Å². The topological polar surface area (TPSA) is 0 Å². The highest BCUT2D eigenvalue weighted by Gasteiger charge is 2.32. The monoisotopic (exact) mass is 272 g/mol. The Kier molecular flexibility index (Phi) is 5.29. The third kappa shape index (κ3) is 3.27. The van der Waals surface area contributed by atoms with Crippen molar-refractivity contribution in [3.05, 3.63) is 35.4 Å². The molecule has 1 aromatic rings. The van der Waals surface area contributed by atoms with E-state index in [0.29, 0.717) is 11.8 Å². The molecule has 0 saturated heterocycles. The Morgan fingerprint density at radius 1 is 0.800 bits per heavy atom. The lowest BCUT2D eigenvalue weighted by atomic mass is 9.66. The largest absolute Gasteiger partial charge is 0.0625 e. The van der Waals surface area contributed by atoms with Gasteiger partial charge < -0.3 is 0 Å². The Morgan fingerprint density at radius 2 is 1.35 bits per heavy atom. The van der Waals surface area contributed by atoms with Crippen LogP contribution in [0.3, 0.4) is 0 Å². The highest BCUT2D eigenvalue weighted by Crippen LogP contribution is 2.44. The molecule has 0 heterocycles. The van der Waals surface area contributed by atoms with Crippen molar-refractivity contribution in [1.82, 2.24) is 0 Å². The van der Waals surface area contributed by atoms with E-state index < -0.39 is 0 Å². The van der Waals surface area contributed by atoms with Crippen LogP contribution < -0.4 is 0 Å². The molecule has 0 aliphatic heterocycles. The summed E-state index contributed by atoms with van der Waals surface area (Å²) in [6.45, 7) is 12.0. The quantitative estimate of drug-likeness (QED) is 0.597. The summed E-state index contributed by atoms with van der Waals surface area (Å²) in [5.74, 6) is 3.97. The van der Waals surface area contributed by atoms with Gasteiger partial charge in [0.25, 0.3) is 0 Å². The number of benzene rings is 1. The summed E-state index contributed by atoms with van der Waals surface area (Å²) < 4.78 is 0. The molecule has 0 nitrogen and oxygen atoms in total. The van der Waals surface area contributed by atoms with Crippen molar-refractivity contribution in [2.24, 2.45) is 17.8 Å². The summed E-state index contributed by atoms with van der Waals surface area (Å²) in [5.41, 5.74) is 3.17. The van der Waals surface area contributed by atoms with Crippen LogP contribution in [0, 0.1) is 17.8 Å². The van der Waals surface area contributed by atoms with E-state index in [1.807, 2.05) is 0 Å². The summed E-state index contributed by atoms with van der Waals surface area (Å²) in [7, 11) is 0. The second-order valence-electron chi connectivity index (χ2n) is 7.43. The lowest BCUT2D eigenvalue weighted by Crippen LogP contribution is -2.28. The fraction of sp³-hybridized carbons (Fsp3) is 0.700. The van der Waals surface area contributed by atoms with Gasteiger partial charge in [-0.25, -0.2) is 0 Å². The molecule has 1 aromatic carbocycles. The van der Waals surface area contributed by atoms with E-state index in [1.165, 1.54) is 25.7 Å². The fourth-order valence-corrected chi connectivity index (χ4v) is 4.32. The fourth-order valence-electron chi connectivity index (χ4n) is 4.32. The first-order chi connectivity index (χ1) is 9.52. The van der Waals surface area contributed by atoms with Gasteiger partial charge in [0, 0.05) is 0 Å². The predicted molar refractivity (Wildman–Crippen MR) is 89.2 cm³/mol. The first-order valence-electron chi connectivity index (χ1n) is 8.61. The summed E-state index contributed by atoms with van der Waals surface area (Å²) in [6.07, 6.45) is 5.74. The molecule has 20 heavy (non-hydrogen) atoms. The van der Waals surface area contributed by atoms with Gasteiger partial charge in [0.05, 0.1) is 0 Å². The molecular formula is C20H32. The van der Waals surface area contributed by atoms with Crippen molar-refractivity contribution >= 4 is 0 Å². The van der Waals surface area contributed by atoms with Crippen LogP contribution in [0.15, 0.2) is 24.3 Å². The van der Waals surface area contributed by atoms with E-state index in [2.05, 4.69) is 58.9 Å². The molecular weight excluding hydrogens is 240 g/mol. The van der Waals surface area contributed by atoms with Crippen LogP contribution in [0.4, 0.5) is 0 Å². The maximum Gasteiger partial charge on any atom is -0.0156 e. The zero-order valence-corrected chi connectivity index (χ0v) is 14.0. The number of hydrogen-bond donors (Lipinski definition) is 0. The van der Waals surface area contributed by atoms with Crippen LogP contribution in [0.25, 0.3) is 0 Å². The molecule has 0 radical (unpaired) electrons. The number of rotatable bonds is 4. The highest BCUT2D eigenvalue weighted by atomic mass is 14.4. The maximum atomic E-state index is 2.48.